The molecule has 0 saturated carbocycles. The van der Waals surface area contributed by atoms with Crippen LogP contribution in [0.15, 0.2) is 77.7 Å². The zero-order chi connectivity index (χ0) is 27.2. The van der Waals surface area contributed by atoms with Crippen molar-refractivity contribution in [3.63, 3.8) is 0 Å². The number of halogens is 2. The highest BCUT2D eigenvalue weighted by Gasteiger charge is 2.23. The van der Waals surface area contributed by atoms with Crippen LogP contribution in [0.2, 0.25) is 5.02 Å². The zero-order valence-corrected chi connectivity index (χ0v) is 21.5. The van der Waals surface area contributed by atoms with Crippen molar-refractivity contribution in [1.29, 1.82) is 0 Å². The maximum Gasteiger partial charge on any atom is 0.279 e. The van der Waals surface area contributed by atoms with Crippen LogP contribution in [0.5, 0.6) is 11.6 Å². The number of benzene rings is 2. The predicted octanol–water partition coefficient (Wildman–Crippen LogP) is 5.38. The Bertz CT molecular complexity index is 1510. The van der Waals surface area contributed by atoms with Gasteiger partial charge in [0.15, 0.2) is 0 Å². The molecule has 11 heteroatoms. The van der Waals surface area contributed by atoms with E-state index in [-0.39, 0.29) is 35.9 Å². The van der Waals surface area contributed by atoms with Crippen LogP contribution in [0, 0.1) is 11.9 Å². The molecule has 5 rings (SSSR count). The summed E-state index contributed by atoms with van der Waals surface area (Å²) in [6.45, 7) is 1.23. The van der Waals surface area contributed by atoms with Gasteiger partial charge in [0.25, 0.3) is 5.56 Å². The molecule has 1 aliphatic heterocycles. The van der Waals surface area contributed by atoms with E-state index in [0.717, 1.165) is 5.56 Å². The summed E-state index contributed by atoms with van der Waals surface area (Å²) in [5.74, 6) is -0.213. The molecule has 1 aliphatic rings. The smallest absolute Gasteiger partial charge is 0.279 e. The maximum atomic E-state index is 13.5. The monoisotopic (exact) mass is 549 g/mol. The molecule has 0 atom stereocenters. The normalized spacial score (nSPS) is 13.6. The fourth-order valence-electron chi connectivity index (χ4n) is 4.09. The average Bonchev–Trinajstić information content (AvgIpc) is 2.95. The fraction of sp³-hybridized carbons (Fsp3) is 0.214. The van der Waals surface area contributed by atoms with E-state index in [4.69, 9.17) is 21.1 Å². The summed E-state index contributed by atoms with van der Waals surface area (Å²) in [4.78, 5) is 34.4. The second-order valence-electron chi connectivity index (χ2n) is 8.94. The van der Waals surface area contributed by atoms with Crippen molar-refractivity contribution >= 4 is 34.8 Å². The van der Waals surface area contributed by atoms with Gasteiger partial charge in [-0.25, -0.2) is 4.98 Å². The Kier molecular flexibility index (Phi) is 8.14. The zero-order valence-electron chi connectivity index (χ0n) is 20.8. The maximum absolute atomic E-state index is 13.5. The summed E-state index contributed by atoms with van der Waals surface area (Å²) < 4.78 is 25.7. The predicted molar refractivity (Wildman–Crippen MR) is 145 cm³/mol. The van der Waals surface area contributed by atoms with Crippen LogP contribution in [0.4, 0.5) is 21.7 Å². The van der Waals surface area contributed by atoms with Crippen molar-refractivity contribution in [3.05, 3.63) is 99.8 Å². The SMILES string of the molecule is O=C(Nc1cnc(Nc2ccc(Oc3cccc(F)n3)cc2)n(Cc2ccc(Cl)cc2)c1=O)C1CCOCC1. The molecular formula is C28H25ClFN5O4. The Labute approximate surface area is 228 Å². The van der Waals surface area contributed by atoms with Gasteiger partial charge in [0.2, 0.25) is 23.7 Å². The summed E-state index contributed by atoms with van der Waals surface area (Å²) in [5, 5.41) is 6.49. The number of ether oxygens (including phenoxy) is 2. The summed E-state index contributed by atoms with van der Waals surface area (Å²) in [6.07, 6.45) is 2.56. The molecule has 1 amide bonds. The quantitative estimate of drug-likeness (QED) is 0.284. The minimum absolute atomic E-state index is 0.0948. The number of carbonyl (C=O) groups excluding carboxylic acids is 1. The molecule has 0 bridgehead atoms. The molecule has 2 aromatic heterocycles. The first kappa shape index (κ1) is 26.3. The van der Waals surface area contributed by atoms with E-state index < -0.39 is 11.5 Å². The van der Waals surface area contributed by atoms with E-state index in [1.165, 1.54) is 22.9 Å². The molecule has 2 N–H and O–H groups in total. The Balaban J connectivity index is 1.38. The molecule has 2 aromatic carbocycles. The van der Waals surface area contributed by atoms with Gasteiger partial charge in [0, 0.05) is 35.9 Å². The fourth-order valence-corrected chi connectivity index (χ4v) is 4.22. The minimum atomic E-state index is -0.636. The molecule has 1 saturated heterocycles. The first-order valence-corrected chi connectivity index (χ1v) is 12.7. The van der Waals surface area contributed by atoms with Gasteiger partial charge in [-0.1, -0.05) is 29.8 Å². The number of nitrogens with zero attached hydrogens (tertiary/aromatic N) is 3. The van der Waals surface area contributed by atoms with Crippen molar-refractivity contribution in [2.75, 3.05) is 23.8 Å². The lowest BCUT2D eigenvalue weighted by Gasteiger charge is -2.21. The highest BCUT2D eigenvalue weighted by Crippen LogP contribution is 2.24. The largest absolute Gasteiger partial charge is 0.439 e. The molecule has 0 aliphatic carbocycles. The lowest BCUT2D eigenvalue weighted by Crippen LogP contribution is -2.33. The molecular weight excluding hydrogens is 525 g/mol. The van der Waals surface area contributed by atoms with Crippen molar-refractivity contribution in [2.45, 2.75) is 19.4 Å². The summed E-state index contributed by atoms with van der Waals surface area (Å²) in [5.41, 5.74) is 1.15. The molecule has 0 unspecified atom stereocenters. The number of carbonyl (C=O) groups is 1. The van der Waals surface area contributed by atoms with Gasteiger partial charge < -0.3 is 20.1 Å². The van der Waals surface area contributed by atoms with Crippen molar-refractivity contribution < 1.29 is 18.7 Å². The van der Waals surface area contributed by atoms with Crippen LogP contribution in [0.25, 0.3) is 0 Å². The van der Waals surface area contributed by atoms with Gasteiger partial charge in [-0.05, 0) is 60.9 Å². The van der Waals surface area contributed by atoms with Crippen LogP contribution < -0.4 is 20.9 Å². The number of nitrogens with one attached hydrogen (secondary N) is 2. The number of hydrogen-bond acceptors (Lipinski definition) is 7. The summed E-state index contributed by atoms with van der Waals surface area (Å²) >= 11 is 6.03. The van der Waals surface area contributed by atoms with Crippen LogP contribution in [-0.4, -0.2) is 33.7 Å². The van der Waals surface area contributed by atoms with E-state index in [0.29, 0.717) is 42.5 Å². The van der Waals surface area contributed by atoms with E-state index >= 15 is 0 Å². The van der Waals surface area contributed by atoms with Gasteiger partial charge in [-0.2, -0.15) is 9.37 Å². The number of anilines is 3. The second-order valence-corrected chi connectivity index (χ2v) is 9.38. The lowest BCUT2D eigenvalue weighted by molar-refractivity contribution is -0.122. The Morgan fingerprint density at radius 3 is 2.54 bits per heavy atom. The molecule has 200 valence electrons. The molecule has 0 radical (unpaired) electrons. The van der Waals surface area contributed by atoms with Crippen LogP contribution in [0.1, 0.15) is 18.4 Å². The van der Waals surface area contributed by atoms with Crippen LogP contribution >= 0.6 is 11.6 Å². The van der Waals surface area contributed by atoms with E-state index in [1.807, 2.05) is 12.1 Å². The average molecular weight is 550 g/mol. The van der Waals surface area contributed by atoms with Gasteiger partial charge in [-0.15, -0.1) is 0 Å². The second kappa shape index (κ2) is 12.1. The summed E-state index contributed by atoms with van der Waals surface area (Å²) in [7, 11) is 0. The first-order chi connectivity index (χ1) is 18.9. The third-order valence-corrected chi connectivity index (χ3v) is 6.43. The lowest BCUT2D eigenvalue weighted by atomic mass is 9.99. The minimum Gasteiger partial charge on any atom is -0.439 e. The Morgan fingerprint density at radius 1 is 1.08 bits per heavy atom. The van der Waals surface area contributed by atoms with Crippen LogP contribution in [-0.2, 0) is 16.1 Å². The van der Waals surface area contributed by atoms with Gasteiger partial charge >= 0.3 is 0 Å². The van der Waals surface area contributed by atoms with E-state index in [1.54, 1.807) is 42.5 Å². The van der Waals surface area contributed by atoms with Crippen LogP contribution in [0.3, 0.4) is 0 Å². The topological polar surface area (TPSA) is 107 Å². The molecule has 39 heavy (non-hydrogen) atoms. The van der Waals surface area contributed by atoms with Crippen molar-refractivity contribution in [3.8, 4) is 11.6 Å². The Hall–Kier alpha value is -4.28. The van der Waals surface area contributed by atoms with Gasteiger partial charge in [0.1, 0.15) is 11.4 Å². The number of aromatic nitrogens is 3. The van der Waals surface area contributed by atoms with E-state index in [2.05, 4.69) is 20.6 Å². The highest BCUT2D eigenvalue weighted by atomic mass is 35.5. The standard InChI is InChI=1S/C28H25ClFN5O4/c29-20-6-4-18(5-7-20)17-35-27(37)23(33-26(36)19-12-14-38-15-13-19)16-31-28(35)32-21-8-10-22(11-9-21)39-25-3-1-2-24(30)34-25/h1-11,16,19H,12-15,17H2,(H,31,32)(H,33,36). The third kappa shape index (κ3) is 6.78. The number of hydrogen-bond donors (Lipinski definition) is 2. The first-order valence-electron chi connectivity index (χ1n) is 12.3. The van der Waals surface area contributed by atoms with Crippen molar-refractivity contribution in [1.82, 2.24) is 14.5 Å². The molecule has 1 fully saturated rings. The molecule has 9 nitrogen and oxygen atoms in total. The molecule has 3 heterocycles. The number of amides is 1. The summed E-state index contributed by atoms with van der Waals surface area (Å²) in [6, 6.07) is 18.2. The third-order valence-electron chi connectivity index (χ3n) is 6.17. The Morgan fingerprint density at radius 2 is 1.82 bits per heavy atom. The van der Waals surface area contributed by atoms with Gasteiger partial charge in [-0.3, -0.25) is 14.2 Å². The van der Waals surface area contributed by atoms with Gasteiger partial charge in [0.05, 0.1) is 12.7 Å². The van der Waals surface area contributed by atoms with Crippen molar-refractivity contribution in [2.24, 2.45) is 5.92 Å². The number of rotatable bonds is 8. The highest BCUT2D eigenvalue weighted by molar-refractivity contribution is 6.30. The van der Waals surface area contributed by atoms with E-state index in [9.17, 15) is 14.0 Å². The molecule has 0 spiro atoms. The molecule has 4 aromatic rings. The number of pyridine rings is 1.